The SMILES string of the molecule is COCc1cc(/C(C)=N\NC(=S)NCC[NH+]2CCOCC2)ccc1OC. The van der Waals surface area contributed by atoms with Gasteiger partial charge in [0.1, 0.15) is 18.8 Å². The molecule has 0 unspecified atom stereocenters. The van der Waals surface area contributed by atoms with Crippen LogP contribution in [0.4, 0.5) is 0 Å². The Morgan fingerprint density at radius 3 is 2.77 bits per heavy atom. The maximum atomic E-state index is 5.36. The molecule has 1 aromatic rings. The minimum Gasteiger partial charge on any atom is -0.496 e. The van der Waals surface area contributed by atoms with Gasteiger partial charge in [0.25, 0.3) is 0 Å². The molecule has 1 aliphatic rings. The van der Waals surface area contributed by atoms with E-state index in [-0.39, 0.29) is 0 Å². The number of nitrogens with zero attached hydrogens (tertiary/aromatic N) is 1. The minimum absolute atomic E-state index is 0.488. The van der Waals surface area contributed by atoms with E-state index in [1.807, 2.05) is 25.1 Å². The predicted molar refractivity (Wildman–Crippen MR) is 106 cm³/mol. The van der Waals surface area contributed by atoms with Crippen molar-refractivity contribution in [1.29, 1.82) is 0 Å². The third-order valence-corrected chi connectivity index (χ3v) is 4.52. The number of hydrogen-bond donors (Lipinski definition) is 3. The van der Waals surface area contributed by atoms with Crippen LogP contribution in [0.1, 0.15) is 18.1 Å². The van der Waals surface area contributed by atoms with E-state index >= 15 is 0 Å². The van der Waals surface area contributed by atoms with Crippen LogP contribution in [0.25, 0.3) is 0 Å². The van der Waals surface area contributed by atoms with Crippen LogP contribution in [0.15, 0.2) is 23.3 Å². The van der Waals surface area contributed by atoms with Gasteiger partial charge in [0.05, 0.1) is 45.7 Å². The van der Waals surface area contributed by atoms with Gasteiger partial charge in [-0.25, -0.2) is 0 Å². The zero-order chi connectivity index (χ0) is 18.8. The fourth-order valence-corrected chi connectivity index (χ4v) is 2.92. The predicted octanol–water partition coefficient (Wildman–Crippen LogP) is -0.0552. The molecule has 7 nitrogen and oxygen atoms in total. The van der Waals surface area contributed by atoms with Gasteiger partial charge in [0, 0.05) is 12.7 Å². The summed E-state index contributed by atoms with van der Waals surface area (Å²) in [6.07, 6.45) is 0. The third kappa shape index (κ3) is 6.53. The Morgan fingerprint density at radius 1 is 1.31 bits per heavy atom. The molecule has 1 aromatic carbocycles. The van der Waals surface area contributed by atoms with E-state index in [2.05, 4.69) is 15.8 Å². The number of nitrogens with one attached hydrogen (secondary N) is 3. The van der Waals surface area contributed by atoms with Gasteiger partial charge in [-0.3, -0.25) is 5.43 Å². The lowest BCUT2D eigenvalue weighted by atomic mass is 10.1. The van der Waals surface area contributed by atoms with Gasteiger partial charge in [0.2, 0.25) is 0 Å². The molecule has 1 fully saturated rings. The fourth-order valence-electron chi connectivity index (χ4n) is 2.77. The summed E-state index contributed by atoms with van der Waals surface area (Å²) in [5.41, 5.74) is 5.73. The molecule has 0 aromatic heterocycles. The van der Waals surface area contributed by atoms with Gasteiger partial charge in [-0.1, -0.05) is 0 Å². The summed E-state index contributed by atoms with van der Waals surface area (Å²) in [6.45, 7) is 8.06. The number of rotatable bonds is 8. The minimum atomic E-state index is 0.488. The van der Waals surface area contributed by atoms with Gasteiger partial charge < -0.3 is 24.4 Å². The van der Waals surface area contributed by atoms with E-state index in [0.29, 0.717) is 11.7 Å². The van der Waals surface area contributed by atoms with Gasteiger partial charge in [-0.15, -0.1) is 0 Å². The monoisotopic (exact) mass is 381 g/mol. The highest BCUT2D eigenvalue weighted by atomic mass is 32.1. The van der Waals surface area contributed by atoms with Crippen LogP contribution in [0.3, 0.4) is 0 Å². The smallest absolute Gasteiger partial charge is 0.187 e. The lowest BCUT2D eigenvalue weighted by molar-refractivity contribution is -0.906. The number of benzene rings is 1. The number of methoxy groups -OCH3 is 2. The summed E-state index contributed by atoms with van der Waals surface area (Å²) in [5.74, 6) is 0.805. The van der Waals surface area contributed by atoms with Crippen molar-refractivity contribution in [2.75, 3.05) is 53.6 Å². The number of quaternary nitrogens is 1. The van der Waals surface area contributed by atoms with Gasteiger partial charge in [0.15, 0.2) is 5.11 Å². The van der Waals surface area contributed by atoms with Crippen LogP contribution < -0.4 is 20.4 Å². The number of thiocarbonyl (C=S) groups is 1. The van der Waals surface area contributed by atoms with Crippen molar-refractivity contribution in [1.82, 2.24) is 10.7 Å². The molecule has 2 rings (SSSR count). The lowest BCUT2D eigenvalue weighted by Gasteiger charge is -2.23. The van der Waals surface area contributed by atoms with Crippen LogP contribution in [-0.4, -0.2) is 64.4 Å². The molecule has 0 saturated carbocycles. The van der Waals surface area contributed by atoms with E-state index in [0.717, 1.165) is 62.0 Å². The van der Waals surface area contributed by atoms with Crippen molar-refractivity contribution in [2.24, 2.45) is 5.10 Å². The summed E-state index contributed by atoms with van der Waals surface area (Å²) in [5, 5.41) is 8.10. The quantitative estimate of drug-likeness (QED) is 0.333. The maximum absolute atomic E-state index is 5.36. The first kappa shape index (κ1) is 20.6. The van der Waals surface area contributed by atoms with Crippen molar-refractivity contribution >= 4 is 23.0 Å². The van der Waals surface area contributed by atoms with Crippen LogP contribution in [0.5, 0.6) is 5.75 Å². The highest BCUT2D eigenvalue weighted by molar-refractivity contribution is 7.80. The summed E-state index contributed by atoms with van der Waals surface area (Å²) in [6, 6.07) is 5.91. The van der Waals surface area contributed by atoms with Crippen LogP contribution in [0, 0.1) is 0 Å². The Kier molecular flexibility index (Phi) is 8.76. The molecule has 144 valence electrons. The zero-order valence-corrected chi connectivity index (χ0v) is 16.6. The van der Waals surface area contributed by atoms with Crippen LogP contribution >= 0.6 is 12.2 Å². The first-order valence-electron chi connectivity index (χ1n) is 8.79. The highest BCUT2D eigenvalue weighted by Crippen LogP contribution is 2.21. The van der Waals surface area contributed by atoms with Gasteiger partial charge >= 0.3 is 0 Å². The second kappa shape index (κ2) is 11.1. The number of hydrogen-bond acceptors (Lipinski definition) is 5. The Hall–Kier alpha value is -1.74. The molecule has 8 heteroatoms. The first-order chi connectivity index (χ1) is 12.6. The van der Waals surface area contributed by atoms with Crippen molar-refractivity contribution in [3.8, 4) is 5.75 Å². The molecular weight excluding hydrogens is 352 g/mol. The van der Waals surface area contributed by atoms with Crippen molar-refractivity contribution in [3.63, 3.8) is 0 Å². The molecule has 1 saturated heterocycles. The fraction of sp³-hybridized carbons (Fsp3) is 0.556. The van der Waals surface area contributed by atoms with Crippen molar-refractivity contribution < 1.29 is 19.1 Å². The zero-order valence-electron chi connectivity index (χ0n) is 15.8. The molecule has 26 heavy (non-hydrogen) atoms. The van der Waals surface area contributed by atoms with Crippen molar-refractivity contribution in [3.05, 3.63) is 29.3 Å². The Balaban J connectivity index is 1.82. The molecule has 0 atom stereocenters. The van der Waals surface area contributed by atoms with E-state index in [4.69, 9.17) is 26.4 Å². The summed E-state index contributed by atoms with van der Waals surface area (Å²) >= 11 is 5.29. The maximum Gasteiger partial charge on any atom is 0.187 e. The number of hydrazone groups is 1. The normalized spacial score (nSPS) is 15.6. The largest absolute Gasteiger partial charge is 0.496 e. The molecule has 0 aliphatic carbocycles. The molecule has 0 amide bonds. The Bertz CT molecular complexity index is 618. The molecule has 0 spiro atoms. The third-order valence-electron chi connectivity index (χ3n) is 4.29. The average Bonchev–Trinajstić information content (AvgIpc) is 2.67. The molecule has 1 heterocycles. The molecule has 0 radical (unpaired) electrons. The molecule has 0 bridgehead atoms. The number of morpholine rings is 1. The lowest BCUT2D eigenvalue weighted by Crippen LogP contribution is -3.14. The molecular formula is C18H29N4O3S+. The summed E-state index contributed by atoms with van der Waals surface area (Å²) in [7, 11) is 3.32. The average molecular weight is 382 g/mol. The first-order valence-corrected chi connectivity index (χ1v) is 9.20. The summed E-state index contributed by atoms with van der Waals surface area (Å²) in [4.78, 5) is 1.54. The summed E-state index contributed by atoms with van der Waals surface area (Å²) < 4.78 is 15.9. The van der Waals surface area contributed by atoms with Gasteiger partial charge in [-0.05, 0) is 42.9 Å². The second-order valence-electron chi connectivity index (χ2n) is 6.14. The molecule has 3 N–H and O–H groups in total. The number of ether oxygens (including phenoxy) is 3. The Labute approximate surface area is 160 Å². The highest BCUT2D eigenvalue weighted by Gasteiger charge is 2.13. The van der Waals surface area contributed by atoms with Crippen molar-refractivity contribution in [2.45, 2.75) is 13.5 Å². The van der Waals surface area contributed by atoms with E-state index < -0.39 is 0 Å². The van der Waals surface area contributed by atoms with E-state index in [1.54, 1.807) is 14.2 Å². The molecule has 1 aliphatic heterocycles. The van der Waals surface area contributed by atoms with Crippen LogP contribution in [0.2, 0.25) is 0 Å². The van der Waals surface area contributed by atoms with Gasteiger partial charge in [-0.2, -0.15) is 5.10 Å². The van der Waals surface area contributed by atoms with Crippen LogP contribution in [-0.2, 0) is 16.1 Å². The van der Waals surface area contributed by atoms with E-state index in [1.165, 1.54) is 4.90 Å². The van der Waals surface area contributed by atoms with E-state index in [9.17, 15) is 0 Å². The Morgan fingerprint density at radius 2 is 2.08 bits per heavy atom. The topological polar surface area (TPSA) is 68.5 Å². The second-order valence-corrected chi connectivity index (χ2v) is 6.55. The standard InChI is InChI=1S/C18H28N4O3S/c1-14(15-4-5-17(24-3)16(12-15)13-23-2)20-21-18(26)19-6-7-22-8-10-25-11-9-22/h4-5,12H,6-11,13H2,1-3H3,(H2,19,21,26)/p+1/b20-14-.